The number of non-ortho nitro benzene ring substituents is 1. The molecule has 1 aromatic carbocycles. The summed E-state index contributed by atoms with van der Waals surface area (Å²) in [6.07, 6.45) is 6.50. The number of nitro groups is 1. The SMILES string of the molecule is C=C/C=C(\C=C/C)C(=O)Nc1ccc([N+](=O)[O-])cc1.CC.CC.CN. The first-order valence-electron chi connectivity index (χ1n) is 8.17. The smallest absolute Gasteiger partial charge is 0.269 e. The highest BCUT2D eigenvalue weighted by atomic mass is 16.6. The van der Waals surface area contributed by atoms with E-state index in [-0.39, 0.29) is 11.6 Å². The molecule has 0 aromatic heterocycles. The van der Waals surface area contributed by atoms with E-state index in [9.17, 15) is 14.9 Å². The highest BCUT2D eigenvalue weighted by molar-refractivity contribution is 6.05. The van der Waals surface area contributed by atoms with E-state index in [4.69, 9.17) is 0 Å². The van der Waals surface area contributed by atoms with Gasteiger partial charge in [0.25, 0.3) is 11.6 Å². The van der Waals surface area contributed by atoms with E-state index in [1.165, 1.54) is 37.4 Å². The molecule has 6 heteroatoms. The van der Waals surface area contributed by atoms with Gasteiger partial charge in [-0.3, -0.25) is 14.9 Å². The van der Waals surface area contributed by atoms with E-state index in [2.05, 4.69) is 17.6 Å². The van der Waals surface area contributed by atoms with E-state index in [1.807, 2.05) is 27.7 Å². The lowest BCUT2D eigenvalue weighted by atomic mass is 10.2. The summed E-state index contributed by atoms with van der Waals surface area (Å²) in [6.45, 7) is 13.3. The molecule has 0 aliphatic rings. The Morgan fingerprint density at radius 2 is 1.64 bits per heavy atom. The molecule has 0 radical (unpaired) electrons. The van der Waals surface area contributed by atoms with Gasteiger partial charge in [-0.1, -0.05) is 58.6 Å². The quantitative estimate of drug-likeness (QED) is 0.343. The van der Waals surface area contributed by atoms with E-state index in [0.717, 1.165) is 0 Å². The zero-order valence-electron chi connectivity index (χ0n) is 16.1. The summed E-state index contributed by atoms with van der Waals surface area (Å²) in [4.78, 5) is 21.9. The van der Waals surface area contributed by atoms with Gasteiger partial charge in [0.05, 0.1) is 4.92 Å². The van der Waals surface area contributed by atoms with Crippen molar-refractivity contribution in [2.45, 2.75) is 34.6 Å². The second kappa shape index (κ2) is 19.3. The fraction of sp³-hybridized carbons (Fsp3) is 0.316. The van der Waals surface area contributed by atoms with Crippen molar-refractivity contribution < 1.29 is 9.72 Å². The number of carbonyl (C=O) groups excluding carboxylic acids is 1. The van der Waals surface area contributed by atoms with Crippen molar-refractivity contribution in [3.05, 3.63) is 70.8 Å². The van der Waals surface area contributed by atoms with Crippen molar-refractivity contribution in [3.8, 4) is 0 Å². The number of nitrogens with one attached hydrogen (secondary N) is 1. The predicted molar refractivity (Wildman–Crippen MR) is 108 cm³/mol. The highest BCUT2D eigenvalue weighted by Crippen LogP contribution is 2.16. The average molecular weight is 349 g/mol. The summed E-state index contributed by atoms with van der Waals surface area (Å²) >= 11 is 0. The second-order valence-electron chi connectivity index (χ2n) is 3.62. The van der Waals surface area contributed by atoms with Gasteiger partial charge in [-0.05, 0) is 26.1 Å². The Balaban J connectivity index is -0.000000725. The Morgan fingerprint density at radius 1 is 1.16 bits per heavy atom. The summed E-state index contributed by atoms with van der Waals surface area (Å²) in [5.41, 5.74) is 5.43. The van der Waals surface area contributed by atoms with Crippen LogP contribution in [0.5, 0.6) is 0 Å². The Morgan fingerprint density at radius 3 is 2.00 bits per heavy atom. The van der Waals surface area contributed by atoms with Crippen molar-refractivity contribution in [1.82, 2.24) is 0 Å². The molecule has 25 heavy (non-hydrogen) atoms. The summed E-state index contributed by atoms with van der Waals surface area (Å²) in [5, 5.41) is 13.2. The Labute approximate surface area is 151 Å². The van der Waals surface area contributed by atoms with Crippen molar-refractivity contribution >= 4 is 17.3 Å². The number of nitro benzene ring substituents is 1. The Kier molecular flexibility index (Phi) is 21.0. The minimum atomic E-state index is -0.492. The molecule has 140 valence electrons. The van der Waals surface area contributed by atoms with Crippen molar-refractivity contribution in [2.75, 3.05) is 12.4 Å². The third kappa shape index (κ3) is 12.4. The zero-order chi connectivity index (χ0) is 20.3. The van der Waals surface area contributed by atoms with Gasteiger partial charge >= 0.3 is 0 Å². The number of nitrogens with two attached hydrogens (primary N) is 1. The molecular formula is C19H31N3O3. The molecule has 6 nitrogen and oxygen atoms in total. The zero-order valence-corrected chi connectivity index (χ0v) is 16.1. The first kappa shape index (κ1) is 27.1. The van der Waals surface area contributed by atoms with Crippen LogP contribution >= 0.6 is 0 Å². The molecule has 0 aliphatic heterocycles. The van der Waals surface area contributed by atoms with Crippen LogP contribution < -0.4 is 11.1 Å². The summed E-state index contributed by atoms with van der Waals surface area (Å²) < 4.78 is 0. The standard InChI is InChI=1S/C14H14N2O3.2C2H6.CH5N/c1-3-5-11(6-4-2)14(17)15-12-7-9-13(10-8-12)16(18)19;3*1-2/h3-10H,1H2,2H3,(H,15,17);2*1-2H3;2H2,1H3/b6-4-,11-5+;;;. The van der Waals surface area contributed by atoms with Crippen LogP contribution in [-0.2, 0) is 4.79 Å². The molecule has 0 atom stereocenters. The summed E-state index contributed by atoms with van der Waals surface area (Å²) in [6, 6.07) is 5.64. The molecule has 0 bridgehead atoms. The first-order chi connectivity index (χ1) is 12.1. The van der Waals surface area contributed by atoms with Crippen LogP contribution in [0.2, 0.25) is 0 Å². The van der Waals surface area contributed by atoms with E-state index in [1.54, 1.807) is 25.2 Å². The topological polar surface area (TPSA) is 98.3 Å². The maximum Gasteiger partial charge on any atom is 0.269 e. The van der Waals surface area contributed by atoms with Crippen LogP contribution in [0, 0.1) is 10.1 Å². The first-order valence-corrected chi connectivity index (χ1v) is 8.17. The molecule has 0 unspecified atom stereocenters. The number of carbonyl (C=O) groups is 1. The molecule has 0 saturated carbocycles. The summed E-state index contributed by atoms with van der Waals surface area (Å²) in [7, 11) is 1.50. The minimum Gasteiger partial charge on any atom is -0.333 e. The molecule has 0 saturated heterocycles. The van der Waals surface area contributed by atoms with Gasteiger partial charge in [0, 0.05) is 23.4 Å². The Bertz CT molecular complexity index is 548. The molecule has 0 fully saturated rings. The molecule has 0 heterocycles. The molecule has 0 spiro atoms. The van der Waals surface area contributed by atoms with E-state index < -0.39 is 4.92 Å². The normalized spacial score (nSPS) is 9.32. The lowest BCUT2D eigenvalue weighted by Gasteiger charge is -2.05. The molecule has 0 aliphatic carbocycles. The van der Waals surface area contributed by atoms with Crippen LogP contribution in [0.4, 0.5) is 11.4 Å². The lowest BCUT2D eigenvalue weighted by molar-refractivity contribution is -0.384. The second-order valence-corrected chi connectivity index (χ2v) is 3.62. The molecular weight excluding hydrogens is 318 g/mol. The number of anilines is 1. The van der Waals surface area contributed by atoms with Gasteiger partial charge in [-0.2, -0.15) is 0 Å². The number of benzene rings is 1. The number of hydrogen-bond donors (Lipinski definition) is 2. The fourth-order valence-electron chi connectivity index (χ4n) is 1.38. The fourth-order valence-corrected chi connectivity index (χ4v) is 1.38. The molecule has 1 amide bonds. The highest BCUT2D eigenvalue weighted by Gasteiger charge is 2.08. The maximum atomic E-state index is 11.9. The molecule has 3 N–H and O–H groups in total. The average Bonchev–Trinajstić information content (AvgIpc) is 2.67. The number of rotatable bonds is 5. The van der Waals surface area contributed by atoms with Crippen molar-refractivity contribution in [1.29, 1.82) is 0 Å². The third-order valence-corrected chi connectivity index (χ3v) is 2.24. The van der Waals surface area contributed by atoms with Crippen LogP contribution in [-0.4, -0.2) is 17.9 Å². The largest absolute Gasteiger partial charge is 0.333 e. The van der Waals surface area contributed by atoms with Gasteiger partial charge in [0.1, 0.15) is 0 Å². The van der Waals surface area contributed by atoms with E-state index in [0.29, 0.717) is 11.3 Å². The van der Waals surface area contributed by atoms with Crippen molar-refractivity contribution in [2.24, 2.45) is 5.73 Å². The van der Waals surface area contributed by atoms with Crippen LogP contribution in [0.1, 0.15) is 34.6 Å². The maximum absolute atomic E-state index is 11.9. The minimum absolute atomic E-state index is 0.0201. The number of hydrogen-bond acceptors (Lipinski definition) is 4. The molecule has 1 rings (SSSR count). The van der Waals surface area contributed by atoms with Gasteiger partial charge in [-0.25, -0.2) is 0 Å². The van der Waals surface area contributed by atoms with Gasteiger partial charge in [-0.15, -0.1) is 0 Å². The Hall–Kier alpha value is -2.73. The predicted octanol–water partition coefficient (Wildman–Crippen LogP) is 4.85. The van der Waals surface area contributed by atoms with E-state index >= 15 is 0 Å². The van der Waals surface area contributed by atoms with Gasteiger partial charge in [0.2, 0.25) is 0 Å². The number of allylic oxidation sites excluding steroid dienone is 3. The van der Waals surface area contributed by atoms with Crippen LogP contribution in [0.3, 0.4) is 0 Å². The van der Waals surface area contributed by atoms with Crippen LogP contribution in [0.15, 0.2) is 60.7 Å². The number of nitrogens with zero attached hydrogens (tertiary/aromatic N) is 1. The molecule has 1 aromatic rings. The van der Waals surface area contributed by atoms with Crippen LogP contribution in [0.25, 0.3) is 0 Å². The monoisotopic (exact) mass is 349 g/mol. The lowest BCUT2D eigenvalue weighted by Crippen LogP contribution is -2.13. The third-order valence-electron chi connectivity index (χ3n) is 2.24. The summed E-state index contributed by atoms with van der Waals surface area (Å²) in [5.74, 6) is -0.299. The van der Waals surface area contributed by atoms with Gasteiger partial charge in [0.15, 0.2) is 0 Å². The van der Waals surface area contributed by atoms with Gasteiger partial charge < -0.3 is 11.1 Å². The van der Waals surface area contributed by atoms with Crippen molar-refractivity contribution in [3.63, 3.8) is 0 Å². The number of amides is 1.